The maximum Gasteiger partial charge on any atom is 0.333 e. The average molecular weight is 269 g/mol. The van der Waals surface area contributed by atoms with E-state index in [0.717, 1.165) is 0 Å². The van der Waals surface area contributed by atoms with E-state index in [-0.39, 0.29) is 24.0 Å². The summed E-state index contributed by atoms with van der Waals surface area (Å²) in [5.41, 5.74) is 0.263. The molecule has 0 aliphatic rings. The van der Waals surface area contributed by atoms with Crippen LogP contribution in [-0.2, 0) is 11.3 Å². The number of rotatable bonds is 6. The van der Waals surface area contributed by atoms with E-state index in [9.17, 15) is 14.9 Å². The van der Waals surface area contributed by atoms with Crippen molar-refractivity contribution in [2.24, 2.45) is 0 Å². The lowest BCUT2D eigenvalue weighted by Crippen LogP contribution is -2.32. The number of nitro groups is 1. The summed E-state index contributed by atoms with van der Waals surface area (Å²) >= 11 is 0. The van der Waals surface area contributed by atoms with Gasteiger partial charge in [0.25, 0.3) is 0 Å². The van der Waals surface area contributed by atoms with Crippen LogP contribution < -0.4 is 5.32 Å². The summed E-state index contributed by atoms with van der Waals surface area (Å²) in [4.78, 5) is 23.8. The molecule has 0 saturated heterocycles. The van der Waals surface area contributed by atoms with Crippen molar-refractivity contribution in [3.05, 3.63) is 15.8 Å². The molecule has 1 rings (SSSR count). The molecule has 1 N–H and O–H groups in total. The third-order valence-electron chi connectivity index (χ3n) is 2.89. The molecular formula is C11H19N5O3. The highest BCUT2D eigenvalue weighted by atomic mass is 16.6. The summed E-state index contributed by atoms with van der Waals surface area (Å²) in [5, 5.41) is 17.9. The molecule has 0 fully saturated rings. The molecule has 1 aromatic rings. The minimum Gasteiger partial charge on any atom is -0.355 e. The molecule has 8 heteroatoms. The maximum atomic E-state index is 11.7. The van der Waals surface area contributed by atoms with Crippen molar-refractivity contribution in [3.63, 3.8) is 0 Å². The van der Waals surface area contributed by atoms with Crippen LogP contribution >= 0.6 is 0 Å². The van der Waals surface area contributed by atoms with Gasteiger partial charge in [-0.05, 0) is 20.8 Å². The fraction of sp³-hybridized carbons (Fsp3) is 0.636. The second-order valence-electron chi connectivity index (χ2n) is 4.12. The SMILES string of the molecule is CCN(C)C(=O)CNc1c([N+](=O)[O-])c(C)nn1CC. The quantitative estimate of drug-likeness (QED) is 0.614. The molecule has 0 aliphatic heterocycles. The van der Waals surface area contributed by atoms with Crippen LogP contribution in [0.2, 0.25) is 0 Å². The van der Waals surface area contributed by atoms with Gasteiger partial charge in [-0.3, -0.25) is 14.9 Å². The Hall–Kier alpha value is -2.12. The van der Waals surface area contributed by atoms with E-state index < -0.39 is 4.92 Å². The number of amides is 1. The minimum absolute atomic E-state index is 0.0102. The van der Waals surface area contributed by atoms with E-state index in [0.29, 0.717) is 18.8 Å². The van der Waals surface area contributed by atoms with Crippen molar-refractivity contribution in [2.75, 3.05) is 25.5 Å². The maximum absolute atomic E-state index is 11.7. The number of hydrogen-bond acceptors (Lipinski definition) is 5. The molecule has 19 heavy (non-hydrogen) atoms. The number of aryl methyl sites for hydroxylation is 2. The first-order valence-corrected chi connectivity index (χ1v) is 6.11. The van der Waals surface area contributed by atoms with E-state index in [2.05, 4.69) is 10.4 Å². The normalized spacial score (nSPS) is 10.3. The van der Waals surface area contributed by atoms with E-state index in [1.807, 2.05) is 13.8 Å². The zero-order valence-corrected chi connectivity index (χ0v) is 11.6. The Morgan fingerprint density at radius 1 is 1.53 bits per heavy atom. The molecule has 106 valence electrons. The topological polar surface area (TPSA) is 93.3 Å². The highest BCUT2D eigenvalue weighted by Gasteiger charge is 2.25. The van der Waals surface area contributed by atoms with Crippen LogP contribution in [0.25, 0.3) is 0 Å². The largest absolute Gasteiger partial charge is 0.355 e. The number of likely N-dealkylation sites (N-methyl/N-ethyl adjacent to an activating group) is 1. The van der Waals surface area contributed by atoms with Crippen LogP contribution in [0.3, 0.4) is 0 Å². The number of carbonyl (C=O) groups excluding carboxylic acids is 1. The highest BCUT2D eigenvalue weighted by Crippen LogP contribution is 2.27. The number of nitrogens with one attached hydrogen (secondary N) is 1. The van der Waals surface area contributed by atoms with Crippen molar-refractivity contribution in [1.82, 2.24) is 14.7 Å². The molecule has 0 atom stereocenters. The van der Waals surface area contributed by atoms with Crippen molar-refractivity contribution in [1.29, 1.82) is 0 Å². The molecule has 0 bridgehead atoms. The summed E-state index contributed by atoms with van der Waals surface area (Å²) < 4.78 is 1.49. The van der Waals surface area contributed by atoms with Gasteiger partial charge in [-0.25, -0.2) is 4.68 Å². The van der Waals surface area contributed by atoms with Gasteiger partial charge in [-0.15, -0.1) is 0 Å². The molecule has 1 aromatic heterocycles. The van der Waals surface area contributed by atoms with E-state index in [4.69, 9.17) is 0 Å². The van der Waals surface area contributed by atoms with Crippen molar-refractivity contribution in [3.8, 4) is 0 Å². The third-order valence-corrected chi connectivity index (χ3v) is 2.89. The van der Waals surface area contributed by atoms with Crippen molar-refractivity contribution in [2.45, 2.75) is 27.3 Å². The number of anilines is 1. The minimum atomic E-state index is -0.481. The Kier molecular flexibility index (Phi) is 4.85. The molecular weight excluding hydrogens is 250 g/mol. The van der Waals surface area contributed by atoms with Crippen molar-refractivity contribution >= 4 is 17.4 Å². The fourth-order valence-electron chi connectivity index (χ4n) is 1.67. The number of aromatic nitrogens is 2. The lowest BCUT2D eigenvalue weighted by atomic mass is 10.3. The molecule has 8 nitrogen and oxygen atoms in total. The molecule has 1 heterocycles. The van der Waals surface area contributed by atoms with Crippen LogP contribution in [0.4, 0.5) is 11.5 Å². The summed E-state index contributed by atoms with van der Waals surface area (Å²) in [6.45, 7) is 6.37. The standard InChI is InChI=1S/C11H19N5O3/c1-5-14(4)9(17)7-12-11-10(16(18)19)8(3)13-15(11)6-2/h12H,5-7H2,1-4H3. The Labute approximate surface area is 111 Å². The van der Waals surface area contributed by atoms with Gasteiger partial charge in [0.15, 0.2) is 0 Å². The zero-order valence-electron chi connectivity index (χ0n) is 11.6. The van der Waals surface area contributed by atoms with Gasteiger partial charge in [0.1, 0.15) is 5.69 Å². The Morgan fingerprint density at radius 3 is 2.63 bits per heavy atom. The van der Waals surface area contributed by atoms with Gasteiger partial charge in [-0.1, -0.05) is 0 Å². The highest BCUT2D eigenvalue weighted by molar-refractivity contribution is 5.81. The first-order valence-electron chi connectivity index (χ1n) is 6.11. The van der Waals surface area contributed by atoms with Gasteiger partial charge < -0.3 is 10.2 Å². The Morgan fingerprint density at radius 2 is 2.16 bits per heavy atom. The smallest absolute Gasteiger partial charge is 0.333 e. The van der Waals surface area contributed by atoms with Gasteiger partial charge >= 0.3 is 5.69 Å². The lowest BCUT2D eigenvalue weighted by Gasteiger charge is -2.15. The summed E-state index contributed by atoms with van der Waals surface area (Å²) in [7, 11) is 1.68. The van der Waals surface area contributed by atoms with Gasteiger partial charge in [0.2, 0.25) is 11.7 Å². The molecule has 0 saturated carbocycles. The van der Waals surface area contributed by atoms with Crippen LogP contribution in [0.15, 0.2) is 0 Å². The molecule has 0 aliphatic carbocycles. The van der Waals surface area contributed by atoms with Crippen LogP contribution in [0.1, 0.15) is 19.5 Å². The van der Waals surface area contributed by atoms with Crippen molar-refractivity contribution < 1.29 is 9.72 Å². The second kappa shape index (κ2) is 6.17. The predicted octanol–water partition coefficient (Wildman–Crippen LogP) is 1.01. The van der Waals surface area contributed by atoms with Gasteiger partial charge in [0.05, 0.1) is 11.5 Å². The second-order valence-corrected chi connectivity index (χ2v) is 4.12. The summed E-state index contributed by atoms with van der Waals surface area (Å²) in [6, 6.07) is 0. The Bertz CT molecular complexity index is 483. The van der Waals surface area contributed by atoms with E-state index in [1.165, 1.54) is 4.68 Å². The first-order chi connectivity index (χ1) is 8.92. The summed E-state index contributed by atoms with van der Waals surface area (Å²) in [6.07, 6.45) is 0. The summed E-state index contributed by atoms with van der Waals surface area (Å²) in [5.74, 6) is 0.154. The Balaban J connectivity index is 2.93. The molecule has 0 radical (unpaired) electrons. The number of hydrogen-bond donors (Lipinski definition) is 1. The molecule has 1 amide bonds. The van der Waals surface area contributed by atoms with Gasteiger partial charge in [-0.2, -0.15) is 5.10 Å². The van der Waals surface area contributed by atoms with Crippen LogP contribution in [0, 0.1) is 17.0 Å². The van der Waals surface area contributed by atoms with Gasteiger partial charge in [0, 0.05) is 20.1 Å². The zero-order chi connectivity index (χ0) is 14.6. The van der Waals surface area contributed by atoms with Crippen LogP contribution in [-0.4, -0.2) is 45.6 Å². The number of carbonyl (C=O) groups is 1. The average Bonchev–Trinajstić information content (AvgIpc) is 2.70. The monoisotopic (exact) mass is 269 g/mol. The van der Waals surface area contributed by atoms with E-state index in [1.54, 1.807) is 18.9 Å². The molecule has 0 aromatic carbocycles. The predicted molar refractivity (Wildman–Crippen MR) is 71.1 cm³/mol. The molecule has 0 spiro atoms. The molecule has 0 unspecified atom stereocenters. The van der Waals surface area contributed by atoms with E-state index >= 15 is 0 Å². The fourth-order valence-corrected chi connectivity index (χ4v) is 1.67. The third kappa shape index (κ3) is 3.21. The number of nitrogens with zero attached hydrogens (tertiary/aromatic N) is 4. The van der Waals surface area contributed by atoms with Crippen LogP contribution in [0.5, 0.6) is 0 Å². The first kappa shape index (κ1) is 14.9. The lowest BCUT2D eigenvalue weighted by molar-refractivity contribution is -0.384.